The van der Waals surface area contributed by atoms with Gasteiger partial charge in [0, 0.05) is 16.8 Å². The number of carbonyl (C=O) groups excluding carboxylic acids is 1. The molecule has 0 aliphatic heterocycles. The average Bonchev–Trinajstić information content (AvgIpc) is 3.08. The van der Waals surface area contributed by atoms with Gasteiger partial charge in [0.15, 0.2) is 5.78 Å². The summed E-state index contributed by atoms with van der Waals surface area (Å²) < 4.78 is 2.02. The van der Waals surface area contributed by atoms with Gasteiger partial charge in [-0.3, -0.25) is 9.48 Å². The van der Waals surface area contributed by atoms with E-state index in [1.54, 1.807) is 24.3 Å². The Hall–Kier alpha value is -1.61. The molecule has 2 aromatic rings. The van der Waals surface area contributed by atoms with Crippen LogP contribution in [-0.4, -0.2) is 15.6 Å². The van der Waals surface area contributed by atoms with Crippen LogP contribution in [0.15, 0.2) is 36.5 Å². The quantitative estimate of drug-likeness (QED) is 0.795. The fraction of sp³-hybridized carbons (Fsp3) is 0.375. The molecule has 3 nitrogen and oxygen atoms in total. The smallest absolute Gasteiger partial charge is 0.168 e. The minimum absolute atomic E-state index is 0.0594. The summed E-state index contributed by atoms with van der Waals surface area (Å²) in [6.45, 7) is 0. The van der Waals surface area contributed by atoms with Crippen molar-refractivity contribution >= 4 is 17.4 Å². The van der Waals surface area contributed by atoms with E-state index in [9.17, 15) is 4.79 Å². The van der Waals surface area contributed by atoms with E-state index in [2.05, 4.69) is 5.10 Å². The number of hydrogen-bond donors (Lipinski definition) is 0. The van der Waals surface area contributed by atoms with E-state index in [0.717, 1.165) is 5.69 Å². The Labute approximate surface area is 123 Å². The second-order valence-electron chi connectivity index (χ2n) is 5.34. The highest BCUT2D eigenvalue weighted by atomic mass is 35.5. The van der Waals surface area contributed by atoms with Gasteiger partial charge in [-0.15, -0.1) is 0 Å². The topological polar surface area (TPSA) is 34.9 Å². The monoisotopic (exact) mass is 288 g/mol. The number of aromatic nitrogens is 2. The Morgan fingerprint density at radius 3 is 2.85 bits per heavy atom. The third-order valence-electron chi connectivity index (χ3n) is 3.85. The van der Waals surface area contributed by atoms with Crippen LogP contribution >= 0.6 is 11.6 Å². The Bertz CT molecular complexity index is 614. The zero-order chi connectivity index (χ0) is 13.9. The molecule has 0 spiro atoms. The average molecular weight is 289 g/mol. The second-order valence-corrected chi connectivity index (χ2v) is 5.77. The van der Waals surface area contributed by atoms with E-state index >= 15 is 0 Å². The van der Waals surface area contributed by atoms with Crippen LogP contribution in [0.5, 0.6) is 0 Å². The molecule has 1 saturated carbocycles. The van der Waals surface area contributed by atoms with Crippen molar-refractivity contribution in [1.29, 1.82) is 0 Å². The first-order valence-corrected chi connectivity index (χ1v) is 7.43. The molecule has 0 radical (unpaired) electrons. The molecule has 0 amide bonds. The van der Waals surface area contributed by atoms with Gasteiger partial charge in [-0.1, -0.05) is 36.6 Å². The lowest BCUT2D eigenvalue weighted by molar-refractivity contribution is 0.0991. The highest BCUT2D eigenvalue weighted by Gasteiger charge is 2.18. The summed E-state index contributed by atoms with van der Waals surface area (Å²) in [4.78, 5) is 12.2. The fourth-order valence-corrected chi connectivity index (χ4v) is 2.96. The first-order valence-electron chi connectivity index (χ1n) is 7.05. The molecule has 1 aromatic heterocycles. The predicted octanol–water partition coefficient (Wildman–Crippen LogP) is 4.08. The van der Waals surface area contributed by atoms with Gasteiger partial charge in [-0.05, 0) is 31.0 Å². The third-order valence-corrected chi connectivity index (χ3v) is 4.09. The first-order chi connectivity index (χ1) is 9.72. The predicted molar refractivity (Wildman–Crippen MR) is 79.2 cm³/mol. The van der Waals surface area contributed by atoms with Crippen molar-refractivity contribution in [3.05, 3.63) is 52.8 Å². The van der Waals surface area contributed by atoms with E-state index in [1.165, 1.54) is 25.7 Å². The van der Waals surface area contributed by atoms with Crippen LogP contribution in [0.4, 0.5) is 0 Å². The lowest BCUT2D eigenvalue weighted by Gasteiger charge is -2.08. The highest BCUT2D eigenvalue weighted by Crippen LogP contribution is 2.28. The Morgan fingerprint density at radius 1 is 1.30 bits per heavy atom. The number of benzene rings is 1. The molecule has 4 heteroatoms. The summed E-state index contributed by atoms with van der Waals surface area (Å²) in [6, 6.07) is 9.53. The summed E-state index contributed by atoms with van der Waals surface area (Å²) in [5.74, 6) is 0.0594. The number of hydrogen-bond acceptors (Lipinski definition) is 2. The molecule has 1 aliphatic rings. The first kappa shape index (κ1) is 13.4. The number of carbonyl (C=O) groups is 1. The molecule has 0 unspecified atom stereocenters. The van der Waals surface area contributed by atoms with E-state index in [1.807, 2.05) is 16.9 Å². The van der Waals surface area contributed by atoms with Crippen molar-refractivity contribution in [2.45, 2.75) is 38.1 Å². The number of nitrogens with zero attached hydrogens (tertiary/aromatic N) is 2. The second kappa shape index (κ2) is 5.80. The minimum Gasteiger partial charge on any atom is -0.294 e. The van der Waals surface area contributed by atoms with Crippen molar-refractivity contribution < 1.29 is 4.79 Å². The molecule has 3 rings (SSSR count). The molecule has 1 aromatic carbocycles. The minimum atomic E-state index is 0.0594. The van der Waals surface area contributed by atoms with Crippen molar-refractivity contribution in [2.75, 3.05) is 0 Å². The van der Waals surface area contributed by atoms with Crippen molar-refractivity contribution in [3.63, 3.8) is 0 Å². The number of rotatable bonds is 4. The van der Waals surface area contributed by atoms with Gasteiger partial charge in [0.05, 0.1) is 18.2 Å². The van der Waals surface area contributed by atoms with E-state index in [-0.39, 0.29) is 5.78 Å². The molecular weight excluding hydrogens is 272 g/mol. The molecule has 0 N–H and O–H groups in total. The lowest BCUT2D eigenvalue weighted by Crippen LogP contribution is -2.08. The number of Topliss-reactive ketones (excluding diaryl/α,β-unsaturated/α-hetero) is 1. The highest BCUT2D eigenvalue weighted by molar-refractivity contribution is 6.31. The molecule has 1 fully saturated rings. The SMILES string of the molecule is O=C(Cc1ccn(C2CCCC2)n1)c1cccc(Cl)c1. The van der Waals surface area contributed by atoms with Gasteiger partial charge in [-0.25, -0.2) is 0 Å². The summed E-state index contributed by atoms with van der Waals surface area (Å²) in [5, 5.41) is 5.13. The largest absolute Gasteiger partial charge is 0.294 e. The standard InChI is InChI=1S/C16H17ClN2O/c17-13-5-3-4-12(10-13)16(20)11-14-8-9-19(18-14)15-6-1-2-7-15/h3-5,8-10,15H,1-2,6-7,11H2. The van der Waals surface area contributed by atoms with Gasteiger partial charge in [0.2, 0.25) is 0 Å². The molecular formula is C16H17ClN2O. The maximum atomic E-state index is 12.2. The Kier molecular flexibility index (Phi) is 3.88. The molecule has 1 aliphatic carbocycles. The molecule has 0 atom stereocenters. The molecule has 0 saturated heterocycles. The fourth-order valence-electron chi connectivity index (χ4n) is 2.77. The number of ketones is 1. The van der Waals surface area contributed by atoms with Gasteiger partial charge < -0.3 is 0 Å². The molecule has 20 heavy (non-hydrogen) atoms. The van der Waals surface area contributed by atoms with Crippen LogP contribution in [0.3, 0.4) is 0 Å². The van der Waals surface area contributed by atoms with E-state index < -0.39 is 0 Å². The summed E-state index contributed by atoms with van der Waals surface area (Å²) in [7, 11) is 0. The van der Waals surface area contributed by atoms with Crippen molar-refractivity contribution in [1.82, 2.24) is 9.78 Å². The molecule has 104 valence electrons. The maximum Gasteiger partial charge on any atom is 0.168 e. The van der Waals surface area contributed by atoms with Crippen molar-refractivity contribution in [3.8, 4) is 0 Å². The van der Waals surface area contributed by atoms with Crippen molar-refractivity contribution in [2.24, 2.45) is 0 Å². The molecule has 1 heterocycles. The maximum absolute atomic E-state index is 12.2. The zero-order valence-corrected chi connectivity index (χ0v) is 12.0. The van der Waals surface area contributed by atoms with Crippen LogP contribution in [0.2, 0.25) is 5.02 Å². The number of halogens is 1. The summed E-state index contributed by atoms with van der Waals surface area (Å²) in [5.41, 5.74) is 1.48. The Morgan fingerprint density at radius 2 is 2.10 bits per heavy atom. The van der Waals surface area contributed by atoms with Gasteiger partial charge in [-0.2, -0.15) is 5.10 Å². The van der Waals surface area contributed by atoms with E-state index in [0.29, 0.717) is 23.0 Å². The van der Waals surface area contributed by atoms with Crippen LogP contribution in [0.1, 0.15) is 47.8 Å². The summed E-state index contributed by atoms with van der Waals surface area (Å²) >= 11 is 5.91. The van der Waals surface area contributed by atoms with E-state index in [4.69, 9.17) is 11.6 Å². The Balaban J connectivity index is 1.70. The molecule has 0 bridgehead atoms. The lowest BCUT2D eigenvalue weighted by atomic mass is 10.1. The summed E-state index contributed by atoms with van der Waals surface area (Å²) in [6.07, 6.45) is 7.28. The zero-order valence-electron chi connectivity index (χ0n) is 11.3. The van der Waals surface area contributed by atoms with Gasteiger partial charge in [0.1, 0.15) is 0 Å². The van der Waals surface area contributed by atoms with Crippen LogP contribution < -0.4 is 0 Å². The third kappa shape index (κ3) is 2.93. The van der Waals surface area contributed by atoms with Crippen LogP contribution in [0.25, 0.3) is 0 Å². The van der Waals surface area contributed by atoms with Gasteiger partial charge in [0.25, 0.3) is 0 Å². The van der Waals surface area contributed by atoms with Crippen LogP contribution in [0, 0.1) is 0 Å². The van der Waals surface area contributed by atoms with Gasteiger partial charge >= 0.3 is 0 Å². The van der Waals surface area contributed by atoms with Crippen LogP contribution in [-0.2, 0) is 6.42 Å². The normalized spacial score (nSPS) is 15.7.